The maximum atomic E-state index is 2.42. The summed E-state index contributed by atoms with van der Waals surface area (Å²) in [4.78, 5) is 0. The zero-order valence-electron chi connectivity index (χ0n) is 16.0. The standard InChI is InChI=1S/C24H30/c1-7-18-8-9-19-10-17(6)11-23(19)24(18)22-13-20(15(2)3)12-21(14-22)16(4)5/h8-9,11-16H,7,10H2,1-6H3. The van der Waals surface area contributed by atoms with Crippen LogP contribution < -0.4 is 0 Å². The maximum absolute atomic E-state index is 2.42. The SMILES string of the molecule is CCc1ccc2c(c1-c1cc(C(C)C)cc(C(C)C)c1)C=C(C)C2. The Bertz CT molecular complexity index is 762. The van der Waals surface area contributed by atoms with Crippen LogP contribution in [0.1, 0.15) is 81.2 Å². The van der Waals surface area contributed by atoms with Gasteiger partial charge in [0, 0.05) is 0 Å². The third-order valence-corrected chi connectivity index (χ3v) is 5.26. The molecule has 1 aliphatic rings. The van der Waals surface area contributed by atoms with Crippen LogP contribution in [0.25, 0.3) is 17.2 Å². The third-order valence-electron chi connectivity index (χ3n) is 5.26. The molecule has 0 heteroatoms. The van der Waals surface area contributed by atoms with Gasteiger partial charge in [-0.3, -0.25) is 0 Å². The Morgan fingerprint density at radius 3 is 2.08 bits per heavy atom. The van der Waals surface area contributed by atoms with E-state index >= 15 is 0 Å². The molecule has 0 fully saturated rings. The number of benzene rings is 2. The number of fused-ring (bicyclic) bond motifs is 1. The van der Waals surface area contributed by atoms with Crippen LogP contribution in [-0.4, -0.2) is 0 Å². The van der Waals surface area contributed by atoms with E-state index in [4.69, 9.17) is 0 Å². The quantitative estimate of drug-likeness (QED) is 0.563. The van der Waals surface area contributed by atoms with Crippen molar-refractivity contribution in [2.75, 3.05) is 0 Å². The fraction of sp³-hybridized carbons (Fsp3) is 0.417. The highest BCUT2D eigenvalue weighted by Gasteiger charge is 2.19. The van der Waals surface area contributed by atoms with Crippen LogP contribution >= 0.6 is 0 Å². The molecule has 24 heavy (non-hydrogen) atoms. The summed E-state index contributed by atoms with van der Waals surface area (Å²) in [5.41, 5.74) is 11.7. The highest BCUT2D eigenvalue weighted by molar-refractivity contribution is 5.83. The lowest BCUT2D eigenvalue weighted by Gasteiger charge is -2.18. The van der Waals surface area contributed by atoms with Crippen molar-refractivity contribution in [1.29, 1.82) is 0 Å². The van der Waals surface area contributed by atoms with Crippen molar-refractivity contribution in [1.82, 2.24) is 0 Å². The molecule has 0 aliphatic heterocycles. The minimum Gasteiger partial charge on any atom is -0.0683 e. The first-order valence-electron chi connectivity index (χ1n) is 9.37. The van der Waals surface area contributed by atoms with Crippen molar-refractivity contribution in [3.05, 3.63) is 63.7 Å². The second-order valence-electron chi connectivity index (χ2n) is 7.89. The lowest BCUT2D eigenvalue weighted by Crippen LogP contribution is -1.99. The van der Waals surface area contributed by atoms with Crippen LogP contribution in [0.15, 0.2) is 35.9 Å². The summed E-state index contributed by atoms with van der Waals surface area (Å²) in [7, 11) is 0. The molecular weight excluding hydrogens is 288 g/mol. The minimum absolute atomic E-state index is 0.557. The van der Waals surface area contributed by atoms with Crippen LogP contribution in [0.3, 0.4) is 0 Å². The molecule has 0 atom stereocenters. The summed E-state index contributed by atoms with van der Waals surface area (Å²) in [6.45, 7) is 13.7. The molecule has 0 heterocycles. The van der Waals surface area contributed by atoms with Crippen LogP contribution in [0.5, 0.6) is 0 Å². The highest BCUT2D eigenvalue weighted by Crippen LogP contribution is 2.39. The summed E-state index contributed by atoms with van der Waals surface area (Å²) in [6.07, 6.45) is 4.59. The second-order valence-corrected chi connectivity index (χ2v) is 7.89. The van der Waals surface area contributed by atoms with Crippen molar-refractivity contribution in [2.24, 2.45) is 0 Å². The van der Waals surface area contributed by atoms with Crippen LogP contribution in [0.2, 0.25) is 0 Å². The van der Waals surface area contributed by atoms with E-state index in [0.717, 1.165) is 12.8 Å². The van der Waals surface area contributed by atoms with E-state index in [1.54, 1.807) is 0 Å². The molecule has 0 radical (unpaired) electrons. The molecule has 0 saturated carbocycles. The number of allylic oxidation sites excluding steroid dienone is 1. The third kappa shape index (κ3) is 3.07. The Labute approximate surface area is 147 Å². The van der Waals surface area contributed by atoms with Gasteiger partial charge in [0.05, 0.1) is 0 Å². The van der Waals surface area contributed by atoms with Gasteiger partial charge in [0.25, 0.3) is 0 Å². The Morgan fingerprint density at radius 2 is 1.54 bits per heavy atom. The number of aryl methyl sites for hydroxylation is 1. The minimum atomic E-state index is 0.557. The fourth-order valence-corrected chi connectivity index (χ4v) is 3.75. The molecule has 1 aliphatic carbocycles. The number of hydrogen-bond donors (Lipinski definition) is 0. The molecule has 0 unspecified atom stereocenters. The van der Waals surface area contributed by atoms with Crippen LogP contribution in [0.4, 0.5) is 0 Å². The Morgan fingerprint density at radius 1 is 0.917 bits per heavy atom. The smallest absolute Gasteiger partial charge is 0.00604 e. The first kappa shape index (κ1) is 17.0. The number of hydrogen-bond acceptors (Lipinski definition) is 0. The monoisotopic (exact) mass is 318 g/mol. The van der Waals surface area contributed by atoms with Crippen molar-refractivity contribution in [2.45, 2.75) is 66.2 Å². The summed E-state index contributed by atoms with van der Waals surface area (Å²) >= 11 is 0. The molecule has 0 aromatic heterocycles. The predicted molar refractivity (Wildman–Crippen MR) is 107 cm³/mol. The molecule has 0 nitrogen and oxygen atoms in total. The van der Waals surface area contributed by atoms with E-state index in [-0.39, 0.29) is 0 Å². The Balaban J connectivity index is 2.28. The summed E-state index contributed by atoms with van der Waals surface area (Å²) in [6, 6.07) is 11.9. The van der Waals surface area contributed by atoms with Gasteiger partial charge in [0.1, 0.15) is 0 Å². The van der Waals surface area contributed by atoms with Crippen LogP contribution in [-0.2, 0) is 12.8 Å². The lowest BCUT2D eigenvalue weighted by molar-refractivity contribution is 0.834. The van der Waals surface area contributed by atoms with Gasteiger partial charge in [0.15, 0.2) is 0 Å². The first-order chi connectivity index (χ1) is 11.4. The van der Waals surface area contributed by atoms with Gasteiger partial charge in [-0.1, -0.05) is 76.6 Å². The molecule has 0 amide bonds. The number of rotatable bonds is 4. The van der Waals surface area contributed by atoms with E-state index in [9.17, 15) is 0 Å². The van der Waals surface area contributed by atoms with Gasteiger partial charge in [-0.25, -0.2) is 0 Å². The zero-order chi connectivity index (χ0) is 17.4. The van der Waals surface area contributed by atoms with Crippen molar-refractivity contribution >= 4 is 6.08 Å². The molecule has 3 rings (SSSR count). The average molecular weight is 319 g/mol. The molecule has 0 spiro atoms. The maximum Gasteiger partial charge on any atom is -0.00604 e. The molecular formula is C24H30. The van der Waals surface area contributed by atoms with E-state index in [1.807, 2.05) is 0 Å². The average Bonchev–Trinajstić information content (AvgIpc) is 2.93. The largest absolute Gasteiger partial charge is 0.0683 e. The van der Waals surface area contributed by atoms with Crippen LogP contribution in [0, 0.1) is 0 Å². The van der Waals surface area contributed by atoms with Crippen molar-refractivity contribution in [3.63, 3.8) is 0 Å². The lowest BCUT2D eigenvalue weighted by atomic mass is 9.86. The van der Waals surface area contributed by atoms with E-state index in [1.165, 1.54) is 44.5 Å². The molecule has 2 aromatic carbocycles. The summed E-state index contributed by atoms with van der Waals surface area (Å²) in [5, 5.41) is 0. The molecule has 126 valence electrons. The predicted octanol–water partition coefficient (Wildman–Crippen LogP) is 7.12. The normalized spacial score (nSPS) is 13.6. The Kier molecular flexibility index (Phi) is 4.67. The highest BCUT2D eigenvalue weighted by atomic mass is 14.2. The second kappa shape index (κ2) is 6.59. The van der Waals surface area contributed by atoms with Crippen molar-refractivity contribution in [3.8, 4) is 11.1 Å². The van der Waals surface area contributed by atoms with Gasteiger partial charge in [-0.05, 0) is 70.5 Å². The van der Waals surface area contributed by atoms with Gasteiger partial charge in [0.2, 0.25) is 0 Å². The molecule has 0 N–H and O–H groups in total. The van der Waals surface area contributed by atoms with E-state index in [2.05, 4.69) is 78.0 Å². The van der Waals surface area contributed by atoms with E-state index < -0.39 is 0 Å². The van der Waals surface area contributed by atoms with Gasteiger partial charge in [-0.15, -0.1) is 0 Å². The van der Waals surface area contributed by atoms with Crippen molar-refractivity contribution < 1.29 is 0 Å². The molecule has 0 saturated heterocycles. The molecule has 0 bridgehead atoms. The topological polar surface area (TPSA) is 0 Å². The van der Waals surface area contributed by atoms with E-state index in [0.29, 0.717) is 11.8 Å². The zero-order valence-corrected chi connectivity index (χ0v) is 16.0. The van der Waals surface area contributed by atoms with Gasteiger partial charge < -0.3 is 0 Å². The van der Waals surface area contributed by atoms with Gasteiger partial charge >= 0.3 is 0 Å². The fourth-order valence-electron chi connectivity index (χ4n) is 3.75. The Hall–Kier alpha value is -1.82. The first-order valence-corrected chi connectivity index (χ1v) is 9.37. The summed E-state index contributed by atoms with van der Waals surface area (Å²) in [5.74, 6) is 1.11. The molecule has 2 aromatic rings. The summed E-state index contributed by atoms with van der Waals surface area (Å²) < 4.78 is 0. The van der Waals surface area contributed by atoms with Gasteiger partial charge in [-0.2, -0.15) is 0 Å².